The fourth-order valence-electron chi connectivity index (χ4n) is 1.22. The molecule has 0 aromatic heterocycles. The van der Waals surface area contributed by atoms with Crippen LogP contribution < -0.4 is 5.14 Å². The first kappa shape index (κ1) is 12.0. The van der Waals surface area contributed by atoms with Crippen molar-refractivity contribution in [3.05, 3.63) is 23.8 Å². The Morgan fingerprint density at radius 2 is 1.80 bits per heavy atom. The molecule has 1 rings (SSSR count). The maximum Gasteiger partial charge on any atom is 0.241 e. The van der Waals surface area contributed by atoms with Crippen molar-refractivity contribution in [1.82, 2.24) is 0 Å². The topological polar surface area (TPSA) is 80.4 Å². The Hall–Kier alpha value is -1.07. The van der Waals surface area contributed by atoms with Gasteiger partial charge in [0.25, 0.3) is 0 Å². The predicted octanol–water partition coefficient (Wildman–Crippen LogP) is 1.34. The minimum Gasteiger partial charge on any atom is -0.507 e. The number of benzene rings is 1. The van der Waals surface area contributed by atoms with E-state index in [-0.39, 0.29) is 16.1 Å². The monoisotopic (exact) mass is 229 g/mol. The highest BCUT2D eigenvalue weighted by Gasteiger charge is 2.19. The number of hydrogen-bond acceptors (Lipinski definition) is 3. The fraction of sp³-hybridized carbons (Fsp3) is 0.400. The molecular weight excluding hydrogens is 214 g/mol. The van der Waals surface area contributed by atoms with Crippen molar-refractivity contribution in [3.8, 4) is 5.75 Å². The summed E-state index contributed by atoms with van der Waals surface area (Å²) in [5, 5.41) is 14.5. The summed E-state index contributed by atoms with van der Waals surface area (Å²) in [4.78, 5) is -0.240. The zero-order chi connectivity index (χ0) is 11.9. The van der Waals surface area contributed by atoms with Crippen LogP contribution in [-0.4, -0.2) is 13.5 Å². The van der Waals surface area contributed by atoms with Crippen molar-refractivity contribution in [2.75, 3.05) is 0 Å². The molecule has 0 aliphatic rings. The summed E-state index contributed by atoms with van der Waals surface area (Å²) in [6, 6.07) is 4.41. The SMILES string of the molecule is CC(C)(C)c1ccc(S(N)(=O)=O)c(O)c1. The van der Waals surface area contributed by atoms with E-state index >= 15 is 0 Å². The van der Waals surface area contributed by atoms with Gasteiger partial charge in [-0.2, -0.15) is 0 Å². The molecule has 0 saturated heterocycles. The molecule has 0 radical (unpaired) electrons. The second-order valence-corrected chi connectivity index (χ2v) is 6.01. The first-order valence-electron chi connectivity index (χ1n) is 4.48. The minimum absolute atomic E-state index is 0.144. The molecule has 0 fully saturated rings. The molecule has 1 aromatic carbocycles. The Balaban J connectivity index is 3.34. The molecule has 3 N–H and O–H groups in total. The summed E-state index contributed by atoms with van der Waals surface area (Å²) in [6.45, 7) is 5.91. The van der Waals surface area contributed by atoms with Crippen LogP contribution >= 0.6 is 0 Å². The lowest BCUT2D eigenvalue weighted by atomic mass is 9.87. The Morgan fingerprint density at radius 3 is 2.13 bits per heavy atom. The van der Waals surface area contributed by atoms with Crippen LogP contribution in [0, 0.1) is 0 Å². The molecule has 0 amide bonds. The third-order valence-electron chi connectivity index (χ3n) is 2.13. The number of hydrogen-bond donors (Lipinski definition) is 2. The highest BCUT2D eigenvalue weighted by atomic mass is 32.2. The number of nitrogens with two attached hydrogens (primary N) is 1. The van der Waals surface area contributed by atoms with Gasteiger partial charge in [-0.25, -0.2) is 13.6 Å². The lowest BCUT2D eigenvalue weighted by molar-refractivity contribution is 0.454. The van der Waals surface area contributed by atoms with Crippen LogP contribution in [0.2, 0.25) is 0 Å². The van der Waals surface area contributed by atoms with Crippen molar-refractivity contribution in [2.24, 2.45) is 5.14 Å². The summed E-state index contributed by atoms with van der Waals surface area (Å²) in [7, 11) is -3.85. The molecule has 0 bridgehead atoms. The number of primary sulfonamides is 1. The molecular formula is C10H15NO3S. The molecule has 0 saturated carbocycles. The van der Waals surface area contributed by atoms with Gasteiger partial charge in [0.2, 0.25) is 10.0 Å². The Labute approximate surface area is 89.8 Å². The molecule has 84 valence electrons. The molecule has 0 spiro atoms. The smallest absolute Gasteiger partial charge is 0.241 e. The molecule has 0 atom stereocenters. The van der Waals surface area contributed by atoms with E-state index in [9.17, 15) is 13.5 Å². The van der Waals surface area contributed by atoms with E-state index in [4.69, 9.17) is 5.14 Å². The zero-order valence-electron chi connectivity index (χ0n) is 8.98. The third kappa shape index (κ3) is 2.70. The van der Waals surface area contributed by atoms with Gasteiger partial charge in [0.05, 0.1) is 0 Å². The van der Waals surface area contributed by atoms with Gasteiger partial charge >= 0.3 is 0 Å². The Morgan fingerprint density at radius 1 is 1.27 bits per heavy atom. The van der Waals surface area contributed by atoms with Crippen molar-refractivity contribution >= 4 is 10.0 Å². The van der Waals surface area contributed by atoms with Gasteiger partial charge in [-0.05, 0) is 23.1 Å². The first-order valence-corrected chi connectivity index (χ1v) is 6.03. The highest BCUT2D eigenvalue weighted by Crippen LogP contribution is 2.29. The molecule has 0 aliphatic heterocycles. The largest absolute Gasteiger partial charge is 0.507 e. The summed E-state index contributed by atoms with van der Waals surface area (Å²) in [5.41, 5.74) is 0.710. The molecule has 0 unspecified atom stereocenters. The van der Waals surface area contributed by atoms with Crippen molar-refractivity contribution in [2.45, 2.75) is 31.1 Å². The normalized spacial score (nSPS) is 12.8. The van der Waals surface area contributed by atoms with E-state index < -0.39 is 10.0 Å². The zero-order valence-corrected chi connectivity index (χ0v) is 9.80. The summed E-state index contributed by atoms with van der Waals surface area (Å²) < 4.78 is 22.1. The van der Waals surface area contributed by atoms with Crippen molar-refractivity contribution in [3.63, 3.8) is 0 Å². The molecule has 1 aromatic rings. The summed E-state index contributed by atoms with van der Waals surface area (Å²) in [6.07, 6.45) is 0. The number of phenols is 1. The standard InChI is InChI=1S/C10H15NO3S/c1-10(2,3)7-4-5-9(8(12)6-7)15(11,13)14/h4-6,12H,1-3H3,(H2,11,13,14). The Bertz CT molecular complexity index is 472. The van der Waals surface area contributed by atoms with Gasteiger partial charge in [0, 0.05) is 0 Å². The average molecular weight is 229 g/mol. The summed E-state index contributed by atoms with van der Waals surface area (Å²) >= 11 is 0. The first-order chi connectivity index (χ1) is 6.62. The van der Waals surface area contributed by atoms with Gasteiger partial charge < -0.3 is 5.11 Å². The number of rotatable bonds is 1. The predicted molar refractivity (Wildman–Crippen MR) is 58.2 cm³/mol. The van der Waals surface area contributed by atoms with Gasteiger partial charge in [0.15, 0.2) is 0 Å². The van der Waals surface area contributed by atoms with Crippen LogP contribution in [-0.2, 0) is 15.4 Å². The van der Waals surface area contributed by atoms with Crippen LogP contribution in [0.15, 0.2) is 23.1 Å². The van der Waals surface area contributed by atoms with E-state index in [1.165, 1.54) is 12.1 Å². The van der Waals surface area contributed by atoms with Crippen LogP contribution in [0.25, 0.3) is 0 Å². The van der Waals surface area contributed by atoms with Crippen LogP contribution in [0.4, 0.5) is 0 Å². The highest BCUT2D eigenvalue weighted by molar-refractivity contribution is 7.89. The summed E-state index contributed by atoms with van der Waals surface area (Å²) in [5.74, 6) is -0.301. The third-order valence-corrected chi connectivity index (χ3v) is 3.09. The fourth-order valence-corrected chi connectivity index (χ4v) is 1.83. The Kier molecular flexibility index (Phi) is 2.80. The molecule has 4 nitrogen and oxygen atoms in total. The van der Waals surface area contributed by atoms with E-state index in [1.54, 1.807) is 6.07 Å². The average Bonchev–Trinajstić information content (AvgIpc) is 1.99. The van der Waals surface area contributed by atoms with Gasteiger partial charge in [0.1, 0.15) is 10.6 Å². The molecule has 0 aliphatic carbocycles. The van der Waals surface area contributed by atoms with E-state index in [1.807, 2.05) is 20.8 Å². The maximum absolute atomic E-state index is 11.0. The van der Waals surface area contributed by atoms with Crippen molar-refractivity contribution < 1.29 is 13.5 Å². The molecule has 5 heteroatoms. The van der Waals surface area contributed by atoms with E-state index in [2.05, 4.69) is 0 Å². The minimum atomic E-state index is -3.85. The maximum atomic E-state index is 11.0. The van der Waals surface area contributed by atoms with E-state index in [0.717, 1.165) is 5.56 Å². The van der Waals surface area contributed by atoms with E-state index in [0.29, 0.717) is 0 Å². The van der Waals surface area contributed by atoms with Gasteiger partial charge in [-0.3, -0.25) is 0 Å². The van der Waals surface area contributed by atoms with Crippen molar-refractivity contribution in [1.29, 1.82) is 0 Å². The van der Waals surface area contributed by atoms with Crippen LogP contribution in [0.3, 0.4) is 0 Å². The second kappa shape index (κ2) is 3.50. The van der Waals surface area contributed by atoms with Crippen LogP contribution in [0.5, 0.6) is 5.75 Å². The van der Waals surface area contributed by atoms with Crippen LogP contribution in [0.1, 0.15) is 26.3 Å². The van der Waals surface area contributed by atoms with Gasteiger partial charge in [-0.15, -0.1) is 0 Å². The van der Waals surface area contributed by atoms with Gasteiger partial charge in [-0.1, -0.05) is 26.8 Å². The number of phenolic OH excluding ortho intramolecular Hbond substituents is 1. The lowest BCUT2D eigenvalue weighted by Crippen LogP contribution is -2.14. The molecule has 15 heavy (non-hydrogen) atoms. The number of aromatic hydroxyl groups is 1. The quantitative estimate of drug-likeness (QED) is 0.762. The second-order valence-electron chi connectivity index (χ2n) is 4.48. The molecule has 0 heterocycles. The lowest BCUT2D eigenvalue weighted by Gasteiger charge is -2.19. The number of sulfonamides is 1.